The van der Waals surface area contributed by atoms with Crippen LogP contribution < -0.4 is 0 Å². The summed E-state index contributed by atoms with van der Waals surface area (Å²) in [5.41, 5.74) is 1.46. The van der Waals surface area contributed by atoms with Crippen molar-refractivity contribution in [1.29, 1.82) is 0 Å². The summed E-state index contributed by atoms with van der Waals surface area (Å²) >= 11 is 0. The van der Waals surface area contributed by atoms with Crippen molar-refractivity contribution in [2.24, 2.45) is 0 Å². The predicted octanol–water partition coefficient (Wildman–Crippen LogP) is 5.25. The first-order valence-electron chi connectivity index (χ1n) is 12.1. The molecule has 7 heteroatoms. The average Bonchev–Trinajstić information content (AvgIpc) is 2.89. The SMILES string of the molecule is Cc1ccc(C(O)(C(=O)O)c2ccc(C)cc2)cc1.Cc1ccc(C(O)(C(=O)O)c2ccc(C)cc2)cc1.[Cr]. The fourth-order valence-corrected chi connectivity index (χ4v) is 4.01. The van der Waals surface area contributed by atoms with Crippen LogP contribution in [0.15, 0.2) is 97.1 Å². The number of benzene rings is 4. The molecule has 39 heavy (non-hydrogen) atoms. The second kappa shape index (κ2) is 12.9. The Morgan fingerprint density at radius 2 is 0.590 bits per heavy atom. The van der Waals surface area contributed by atoms with Crippen LogP contribution in [0.2, 0.25) is 0 Å². The summed E-state index contributed by atoms with van der Waals surface area (Å²) in [6, 6.07) is 27.5. The zero-order valence-electron chi connectivity index (χ0n) is 22.3. The second-order valence-electron chi connectivity index (χ2n) is 9.50. The Morgan fingerprint density at radius 3 is 0.718 bits per heavy atom. The molecule has 0 spiro atoms. The Labute approximate surface area is 239 Å². The van der Waals surface area contributed by atoms with Crippen LogP contribution in [0.4, 0.5) is 0 Å². The van der Waals surface area contributed by atoms with Gasteiger partial charge in [0.05, 0.1) is 0 Å². The molecule has 0 heterocycles. The van der Waals surface area contributed by atoms with Gasteiger partial charge in [-0.2, -0.15) is 0 Å². The molecule has 0 amide bonds. The normalized spacial score (nSPS) is 11.0. The molecule has 0 aromatic heterocycles. The summed E-state index contributed by atoms with van der Waals surface area (Å²) in [7, 11) is 0. The predicted molar refractivity (Wildman–Crippen MR) is 146 cm³/mol. The van der Waals surface area contributed by atoms with E-state index in [1.807, 2.05) is 27.7 Å². The van der Waals surface area contributed by atoms with Crippen molar-refractivity contribution in [3.63, 3.8) is 0 Å². The molecule has 0 saturated carbocycles. The summed E-state index contributed by atoms with van der Waals surface area (Å²) in [4.78, 5) is 23.1. The van der Waals surface area contributed by atoms with Crippen LogP contribution in [0, 0.1) is 27.7 Å². The van der Waals surface area contributed by atoms with Crippen LogP contribution >= 0.6 is 0 Å². The number of carboxylic acid groups (broad SMARTS) is 2. The average molecular weight is 565 g/mol. The number of aryl methyl sites for hydroxylation is 4. The van der Waals surface area contributed by atoms with Gasteiger partial charge in [0.2, 0.25) is 11.2 Å². The number of rotatable bonds is 6. The molecule has 0 unspecified atom stereocenters. The molecule has 0 radical (unpaired) electrons. The molecule has 0 aliphatic rings. The molecule has 0 aliphatic heterocycles. The first-order chi connectivity index (χ1) is 17.9. The summed E-state index contributed by atoms with van der Waals surface area (Å²) in [5, 5.41) is 40.1. The molecular formula is C32H32CrO6. The quantitative estimate of drug-likeness (QED) is 0.255. The van der Waals surface area contributed by atoms with E-state index in [0.717, 1.165) is 22.3 Å². The first kappa shape index (κ1) is 31.5. The summed E-state index contributed by atoms with van der Waals surface area (Å²) in [5.74, 6) is -2.56. The van der Waals surface area contributed by atoms with Gasteiger partial charge in [0, 0.05) is 17.4 Å². The Balaban J connectivity index is 0.000000267. The molecule has 6 nitrogen and oxygen atoms in total. The third kappa shape index (κ3) is 6.83. The van der Waals surface area contributed by atoms with Gasteiger partial charge >= 0.3 is 11.9 Å². The van der Waals surface area contributed by atoms with E-state index >= 15 is 0 Å². The van der Waals surface area contributed by atoms with Gasteiger partial charge < -0.3 is 20.4 Å². The second-order valence-corrected chi connectivity index (χ2v) is 9.50. The van der Waals surface area contributed by atoms with E-state index in [2.05, 4.69) is 0 Å². The summed E-state index contributed by atoms with van der Waals surface area (Å²) in [6.07, 6.45) is 0. The van der Waals surface area contributed by atoms with Crippen molar-refractivity contribution < 1.29 is 47.4 Å². The molecule has 4 rings (SSSR count). The van der Waals surface area contributed by atoms with Crippen molar-refractivity contribution >= 4 is 11.9 Å². The number of hydrogen-bond donors (Lipinski definition) is 4. The van der Waals surface area contributed by atoms with Gasteiger partial charge in [0.25, 0.3) is 0 Å². The zero-order chi connectivity index (χ0) is 28.1. The molecule has 0 aliphatic carbocycles. The Morgan fingerprint density at radius 1 is 0.436 bits per heavy atom. The van der Waals surface area contributed by atoms with Gasteiger partial charge in [0.1, 0.15) is 0 Å². The minimum absolute atomic E-state index is 0. The Kier molecular flexibility index (Phi) is 10.4. The fourth-order valence-electron chi connectivity index (χ4n) is 4.01. The zero-order valence-corrected chi connectivity index (χ0v) is 23.5. The maximum absolute atomic E-state index is 11.5. The van der Waals surface area contributed by atoms with Crippen LogP contribution in [0.3, 0.4) is 0 Å². The number of carbonyl (C=O) groups is 2. The van der Waals surface area contributed by atoms with Crippen molar-refractivity contribution in [2.45, 2.75) is 38.9 Å². The maximum Gasteiger partial charge on any atom is 0.345 e. The molecule has 0 fully saturated rings. The van der Waals surface area contributed by atoms with E-state index in [-0.39, 0.29) is 17.4 Å². The van der Waals surface area contributed by atoms with E-state index in [0.29, 0.717) is 22.3 Å². The molecule has 0 bridgehead atoms. The fraction of sp³-hybridized carbons (Fsp3) is 0.188. The van der Waals surface area contributed by atoms with E-state index in [4.69, 9.17) is 0 Å². The van der Waals surface area contributed by atoms with Gasteiger partial charge in [-0.05, 0) is 49.9 Å². The van der Waals surface area contributed by atoms with E-state index in [1.165, 1.54) is 0 Å². The molecule has 202 valence electrons. The monoisotopic (exact) mass is 564 g/mol. The van der Waals surface area contributed by atoms with Gasteiger partial charge in [0.15, 0.2) is 0 Å². The maximum atomic E-state index is 11.5. The Hall–Kier alpha value is -3.73. The summed E-state index contributed by atoms with van der Waals surface area (Å²) in [6.45, 7) is 7.65. The van der Waals surface area contributed by atoms with Crippen LogP contribution in [0.1, 0.15) is 44.5 Å². The largest absolute Gasteiger partial charge is 0.479 e. The van der Waals surface area contributed by atoms with E-state index < -0.39 is 23.1 Å². The molecule has 0 atom stereocenters. The van der Waals surface area contributed by atoms with Crippen LogP contribution in [-0.4, -0.2) is 32.4 Å². The van der Waals surface area contributed by atoms with Crippen molar-refractivity contribution in [3.8, 4) is 0 Å². The van der Waals surface area contributed by atoms with Gasteiger partial charge in [-0.1, -0.05) is 119 Å². The van der Waals surface area contributed by atoms with Gasteiger partial charge in [-0.25, -0.2) is 9.59 Å². The van der Waals surface area contributed by atoms with Gasteiger partial charge in [-0.3, -0.25) is 0 Å². The molecule has 4 aromatic carbocycles. The molecule has 4 aromatic rings. The number of aliphatic carboxylic acids is 2. The van der Waals surface area contributed by atoms with Crippen molar-refractivity contribution in [1.82, 2.24) is 0 Å². The Bertz CT molecular complexity index is 1190. The van der Waals surface area contributed by atoms with Gasteiger partial charge in [-0.15, -0.1) is 0 Å². The summed E-state index contributed by atoms with van der Waals surface area (Å²) < 4.78 is 0. The van der Waals surface area contributed by atoms with E-state index in [1.54, 1.807) is 97.1 Å². The number of aliphatic hydroxyl groups is 2. The van der Waals surface area contributed by atoms with Crippen LogP contribution in [0.5, 0.6) is 0 Å². The standard InChI is InChI=1S/2C16H16O3.Cr/c2*1-11-3-7-13(8-4-11)16(19,15(17)18)14-9-5-12(2)6-10-14;/h2*3-10,19H,1-2H3,(H,17,18);. The van der Waals surface area contributed by atoms with Crippen molar-refractivity contribution in [3.05, 3.63) is 142 Å². The minimum Gasteiger partial charge on any atom is -0.479 e. The topological polar surface area (TPSA) is 115 Å². The third-order valence-electron chi connectivity index (χ3n) is 6.50. The molecule has 4 N–H and O–H groups in total. The first-order valence-corrected chi connectivity index (χ1v) is 12.1. The molecular weight excluding hydrogens is 532 g/mol. The van der Waals surface area contributed by atoms with Crippen LogP contribution in [0.25, 0.3) is 0 Å². The number of hydrogen-bond acceptors (Lipinski definition) is 4. The van der Waals surface area contributed by atoms with E-state index in [9.17, 15) is 30.0 Å². The number of carboxylic acids is 2. The smallest absolute Gasteiger partial charge is 0.345 e. The third-order valence-corrected chi connectivity index (χ3v) is 6.50. The minimum atomic E-state index is -2.01. The van der Waals surface area contributed by atoms with Crippen LogP contribution in [-0.2, 0) is 38.2 Å². The van der Waals surface area contributed by atoms with Crippen molar-refractivity contribution in [2.75, 3.05) is 0 Å². The molecule has 0 saturated heterocycles.